The van der Waals surface area contributed by atoms with Crippen LogP contribution in [0.2, 0.25) is 8.87 Å². The maximum atomic E-state index is 7.06. The Bertz CT molecular complexity index is 256. The first kappa shape index (κ1) is 26.9. The second kappa shape index (κ2) is 15.9. The second-order valence-electron chi connectivity index (χ2n) is 7.31. The summed E-state index contributed by atoms with van der Waals surface area (Å²) in [5.41, 5.74) is 0.0543. The summed E-state index contributed by atoms with van der Waals surface area (Å²) in [7, 11) is 0. The maximum absolute atomic E-state index is 7.06. The number of rotatable bonds is 16. The van der Waals surface area contributed by atoms with Crippen molar-refractivity contribution >= 4 is 19.2 Å². The third kappa shape index (κ3) is 11.3. The van der Waals surface area contributed by atoms with Crippen molar-refractivity contribution in [3.05, 3.63) is 0 Å². The van der Waals surface area contributed by atoms with Gasteiger partial charge in [0.05, 0.1) is 0 Å². The molecule has 0 radical (unpaired) electrons. The smallest absolute Gasteiger partial charge is 0.412 e. The minimum atomic E-state index is -2.95. The molecule has 0 aromatic rings. The molecule has 0 aliphatic rings. The fraction of sp³-hybridized carbons (Fsp3) is 1.00. The van der Waals surface area contributed by atoms with Crippen LogP contribution in [0.5, 0.6) is 0 Å². The van der Waals surface area contributed by atoms with Gasteiger partial charge in [0.15, 0.2) is 0 Å². The van der Waals surface area contributed by atoms with Crippen LogP contribution in [-0.4, -0.2) is 36.9 Å². The molecule has 0 saturated carbocycles. The van der Waals surface area contributed by atoms with Crippen molar-refractivity contribution in [2.45, 2.75) is 120 Å². The average Bonchev–Trinajstić information content (AvgIpc) is 2.55. The standard InChI is InChI=1S/C10H21O.2C4H9.C2H5O.H2O.Sn/c1-4-6-8-10(3,11)9-7-5-2;2*1-3-4-2;1-2-3;;/h4-9H2,1-3H3;2*1,3-4H2,2H3;2H2,1H3;1H2;/q-1;;;-1;;+2. The predicted molar refractivity (Wildman–Crippen MR) is 109 cm³/mol. The van der Waals surface area contributed by atoms with Crippen molar-refractivity contribution in [1.82, 2.24) is 0 Å². The van der Waals surface area contributed by atoms with E-state index in [9.17, 15) is 0 Å². The molecule has 0 fully saturated rings. The van der Waals surface area contributed by atoms with Gasteiger partial charge in [0.25, 0.3) is 0 Å². The molecule has 0 saturated heterocycles. The van der Waals surface area contributed by atoms with Gasteiger partial charge in [-0.1, -0.05) is 0 Å². The summed E-state index contributed by atoms with van der Waals surface area (Å²) in [5.74, 6) is 0. The largest absolute Gasteiger partial charge is 0.412 e. The van der Waals surface area contributed by atoms with E-state index < -0.39 is 19.2 Å². The van der Waals surface area contributed by atoms with E-state index in [4.69, 9.17) is 6.15 Å². The summed E-state index contributed by atoms with van der Waals surface area (Å²) in [6, 6.07) is 0. The Morgan fingerprint density at radius 2 is 1.12 bits per heavy atom. The molecule has 24 heavy (non-hydrogen) atoms. The topological polar surface area (TPSA) is 50.0 Å². The summed E-state index contributed by atoms with van der Waals surface area (Å²) in [5, 5.41) is 0. The van der Waals surface area contributed by atoms with Crippen LogP contribution in [0, 0.1) is 0 Å². The van der Waals surface area contributed by atoms with Crippen LogP contribution in [0.1, 0.15) is 106 Å². The summed E-state index contributed by atoms with van der Waals surface area (Å²) >= 11 is -2.95. The van der Waals surface area contributed by atoms with Crippen LogP contribution in [0.25, 0.3) is 0 Å². The van der Waals surface area contributed by atoms with Gasteiger partial charge in [0.2, 0.25) is 0 Å². The van der Waals surface area contributed by atoms with Crippen LogP contribution >= 0.6 is 0 Å². The minimum Gasteiger partial charge on any atom is -0.412 e. The molecular formula is C20H46O3Sn. The zero-order valence-corrected chi connectivity index (χ0v) is 20.4. The molecule has 0 amide bonds. The van der Waals surface area contributed by atoms with Gasteiger partial charge in [-0.15, -0.1) is 0 Å². The summed E-state index contributed by atoms with van der Waals surface area (Å²) < 4.78 is 16.0. The van der Waals surface area contributed by atoms with E-state index >= 15 is 0 Å². The Morgan fingerprint density at radius 1 is 0.708 bits per heavy atom. The fourth-order valence-corrected chi connectivity index (χ4v) is 15.4. The molecule has 148 valence electrons. The quantitative estimate of drug-likeness (QED) is 0.254. The molecule has 2 N–H and O–H groups in total. The zero-order chi connectivity index (χ0) is 17.6. The first-order valence-corrected chi connectivity index (χ1v) is 16.7. The molecule has 0 heterocycles. The van der Waals surface area contributed by atoms with Crippen molar-refractivity contribution in [1.29, 1.82) is 0 Å². The summed E-state index contributed by atoms with van der Waals surface area (Å²) in [6.07, 6.45) is 12.5. The molecule has 0 atom stereocenters. The van der Waals surface area contributed by atoms with Gasteiger partial charge in [-0.25, -0.2) is 0 Å². The molecular weight excluding hydrogens is 407 g/mol. The molecule has 0 aromatic carbocycles. The molecule has 0 aliphatic carbocycles. The van der Waals surface area contributed by atoms with Gasteiger partial charge in [-0.2, -0.15) is 0 Å². The van der Waals surface area contributed by atoms with E-state index in [1.807, 2.05) is 0 Å². The van der Waals surface area contributed by atoms with Crippen molar-refractivity contribution in [3.8, 4) is 0 Å². The van der Waals surface area contributed by atoms with E-state index in [1.54, 1.807) is 0 Å². The summed E-state index contributed by atoms with van der Waals surface area (Å²) in [4.78, 5) is 0. The molecule has 4 heteroatoms. The SMILES string of the molecule is CCCCC(C)(CCCC)[O][Sn]([CH2]CCC)([CH2]CCC)[O]CC.O. The summed E-state index contributed by atoms with van der Waals surface area (Å²) in [6.45, 7) is 14.5. The Balaban J connectivity index is 0. The maximum Gasteiger partial charge on any atom is -0.412 e. The van der Waals surface area contributed by atoms with E-state index in [2.05, 4.69) is 41.5 Å². The third-order valence-electron chi connectivity index (χ3n) is 4.78. The Kier molecular flexibility index (Phi) is 17.8. The first-order chi connectivity index (χ1) is 11.0. The van der Waals surface area contributed by atoms with Gasteiger partial charge in [-0.05, 0) is 0 Å². The number of hydrogen-bond acceptors (Lipinski definition) is 2. The molecule has 0 rings (SSSR count). The van der Waals surface area contributed by atoms with Crippen molar-refractivity contribution < 1.29 is 11.6 Å². The molecule has 0 bridgehead atoms. The minimum absolute atomic E-state index is 0. The van der Waals surface area contributed by atoms with E-state index in [0.717, 1.165) is 6.61 Å². The zero-order valence-electron chi connectivity index (χ0n) is 17.5. The Morgan fingerprint density at radius 3 is 1.46 bits per heavy atom. The van der Waals surface area contributed by atoms with Gasteiger partial charge in [-0.3, -0.25) is 0 Å². The first-order valence-electron chi connectivity index (χ1n) is 10.4. The Hall–Kier alpha value is 0.679. The van der Waals surface area contributed by atoms with E-state index in [-0.39, 0.29) is 11.1 Å². The van der Waals surface area contributed by atoms with Gasteiger partial charge in [0, 0.05) is 0 Å². The van der Waals surface area contributed by atoms with Crippen LogP contribution in [0.3, 0.4) is 0 Å². The molecule has 0 aliphatic heterocycles. The van der Waals surface area contributed by atoms with Crippen molar-refractivity contribution in [3.63, 3.8) is 0 Å². The Labute approximate surface area is 157 Å². The van der Waals surface area contributed by atoms with Crippen LogP contribution < -0.4 is 0 Å². The van der Waals surface area contributed by atoms with Crippen LogP contribution in [0.4, 0.5) is 0 Å². The molecule has 0 unspecified atom stereocenters. The third-order valence-corrected chi connectivity index (χ3v) is 15.9. The van der Waals surface area contributed by atoms with Crippen molar-refractivity contribution in [2.24, 2.45) is 0 Å². The fourth-order valence-electron chi connectivity index (χ4n) is 3.33. The second-order valence-corrected chi connectivity index (χ2v) is 16.8. The van der Waals surface area contributed by atoms with Crippen molar-refractivity contribution in [2.75, 3.05) is 6.61 Å². The number of unbranched alkanes of at least 4 members (excludes halogenated alkanes) is 4. The average molecular weight is 453 g/mol. The molecule has 0 aromatic heterocycles. The molecule has 3 nitrogen and oxygen atoms in total. The molecule has 0 spiro atoms. The van der Waals surface area contributed by atoms with Gasteiger partial charge >= 0.3 is 152 Å². The monoisotopic (exact) mass is 454 g/mol. The van der Waals surface area contributed by atoms with E-state index in [1.165, 1.54) is 73.1 Å². The normalized spacial score (nSPS) is 12.2. The van der Waals surface area contributed by atoms with Gasteiger partial charge < -0.3 is 5.48 Å². The van der Waals surface area contributed by atoms with Crippen LogP contribution in [0.15, 0.2) is 0 Å². The van der Waals surface area contributed by atoms with Crippen LogP contribution in [-0.2, 0) is 6.15 Å². The number of hydrogen-bond donors (Lipinski definition) is 0. The van der Waals surface area contributed by atoms with E-state index in [0.29, 0.717) is 0 Å². The predicted octanol–water partition coefficient (Wildman–Crippen LogP) is 6.40. The van der Waals surface area contributed by atoms with Gasteiger partial charge in [0.1, 0.15) is 0 Å².